The van der Waals surface area contributed by atoms with Gasteiger partial charge in [-0.15, -0.1) is 0 Å². The summed E-state index contributed by atoms with van der Waals surface area (Å²) in [5.74, 6) is -0.451. The molecule has 0 bridgehead atoms. The molecular formula is C17H22ClNO4. The van der Waals surface area contributed by atoms with E-state index in [1.165, 1.54) is 7.11 Å². The van der Waals surface area contributed by atoms with Crippen molar-refractivity contribution in [1.29, 1.82) is 0 Å². The van der Waals surface area contributed by atoms with Crippen molar-refractivity contribution < 1.29 is 19.1 Å². The summed E-state index contributed by atoms with van der Waals surface area (Å²) in [4.78, 5) is 25.9. The first kappa shape index (κ1) is 17.8. The van der Waals surface area contributed by atoms with Crippen LogP contribution in [-0.2, 0) is 25.5 Å². The number of nitrogens with zero attached hydrogens (tertiary/aromatic N) is 1. The van der Waals surface area contributed by atoms with Gasteiger partial charge in [0.05, 0.1) is 13.2 Å². The second kappa shape index (κ2) is 7.79. The zero-order chi connectivity index (χ0) is 17.0. The van der Waals surface area contributed by atoms with Gasteiger partial charge in [-0.3, -0.25) is 4.79 Å². The first-order chi connectivity index (χ1) is 11.0. The van der Waals surface area contributed by atoms with E-state index in [0.717, 1.165) is 11.1 Å². The van der Waals surface area contributed by atoms with Gasteiger partial charge in [0.2, 0.25) is 5.91 Å². The Bertz CT molecular complexity index is 590. The highest BCUT2D eigenvalue weighted by Crippen LogP contribution is 2.23. The van der Waals surface area contributed by atoms with Gasteiger partial charge in [0, 0.05) is 31.5 Å². The van der Waals surface area contributed by atoms with Crippen LogP contribution in [-0.4, -0.2) is 49.7 Å². The van der Waals surface area contributed by atoms with E-state index in [9.17, 15) is 9.59 Å². The number of benzene rings is 1. The molecule has 126 valence electrons. The molecular weight excluding hydrogens is 318 g/mol. The molecule has 6 heteroatoms. The highest BCUT2D eigenvalue weighted by Gasteiger charge is 2.40. The summed E-state index contributed by atoms with van der Waals surface area (Å²) in [5.41, 5.74) is 2.04. The predicted octanol–water partition coefficient (Wildman–Crippen LogP) is 2.37. The van der Waals surface area contributed by atoms with Crippen LogP contribution in [0.3, 0.4) is 0 Å². The third-order valence-corrected chi connectivity index (χ3v) is 4.66. The third-order valence-electron chi connectivity index (χ3n) is 4.24. The average molecular weight is 340 g/mol. The van der Waals surface area contributed by atoms with Gasteiger partial charge in [-0.05, 0) is 30.5 Å². The number of ether oxygens (including phenoxy) is 2. The van der Waals surface area contributed by atoms with E-state index in [1.54, 1.807) is 12.0 Å². The standard InChI is InChI=1S/C17H22ClNO4/c1-11-8-12(4-6-14(11)18)5-7-16(20)19-10-13(22-2)9-15(19)17(21)23-3/h4,6,8,13,15H,5,7,9-10H2,1-3H3/t13-,15+/m1/s1. The molecule has 5 nitrogen and oxygen atoms in total. The fourth-order valence-corrected chi connectivity index (χ4v) is 2.98. The Morgan fingerprint density at radius 1 is 1.35 bits per heavy atom. The van der Waals surface area contributed by atoms with Gasteiger partial charge in [0.1, 0.15) is 6.04 Å². The van der Waals surface area contributed by atoms with Crippen LogP contribution in [0, 0.1) is 6.92 Å². The average Bonchev–Trinajstić information content (AvgIpc) is 2.99. The van der Waals surface area contributed by atoms with E-state index in [4.69, 9.17) is 21.1 Å². The van der Waals surface area contributed by atoms with Crippen LogP contribution in [0.15, 0.2) is 18.2 Å². The third kappa shape index (κ3) is 4.24. The van der Waals surface area contributed by atoms with Gasteiger partial charge in [-0.1, -0.05) is 23.7 Å². The van der Waals surface area contributed by atoms with Crippen molar-refractivity contribution in [1.82, 2.24) is 4.90 Å². The number of rotatable bonds is 5. The molecule has 1 amide bonds. The number of esters is 1. The lowest BCUT2D eigenvalue weighted by atomic mass is 10.1. The second-order valence-electron chi connectivity index (χ2n) is 5.76. The molecule has 1 heterocycles. The zero-order valence-corrected chi connectivity index (χ0v) is 14.4. The van der Waals surface area contributed by atoms with Crippen LogP contribution in [0.25, 0.3) is 0 Å². The number of hydrogen-bond acceptors (Lipinski definition) is 4. The Balaban J connectivity index is 2.00. The summed E-state index contributed by atoms with van der Waals surface area (Å²) in [6.45, 7) is 2.36. The van der Waals surface area contributed by atoms with E-state index in [1.807, 2.05) is 25.1 Å². The first-order valence-corrected chi connectivity index (χ1v) is 7.99. The van der Waals surface area contributed by atoms with Crippen molar-refractivity contribution in [2.24, 2.45) is 0 Å². The van der Waals surface area contributed by atoms with Gasteiger partial charge in [0.15, 0.2) is 0 Å². The molecule has 0 N–H and O–H groups in total. The lowest BCUT2D eigenvalue weighted by Crippen LogP contribution is -2.41. The Kier molecular flexibility index (Phi) is 6.02. The van der Waals surface area contributed by atoms with E-state index in [2.05, 4.69) is 0 Å². The van der Waals surface area contributed by atoms with Gasteiger partial charge < -0.3 is 14.4 Å². The minimum Gasteiger partial charge on any atom is -0.467 e. The van der Waals surface area contributed by atoms with Gasteiger partial charge in [0.25, 0.3) is 0 Å². The minimum atomic E-state index is -0.551. The molecule has 23 heavy (non-hydrogen) atoms. The molecule has 2 rings (SSSR count). The SMILES string of the molecule is COC(=O)[C@@H]1C[C@@H](OC)CN1C(=O)CCc1ccc(Cl)c(C)c1. The Morgan fingerprint density at radius 2 is 2.09 bits per heavy atom. The number of amides is 1. The summed E-state index contributed by atoms with van der Waals surface area (Å²) in [7, 11) is 2.92. The number of halogens is 1. The van der Waals surface area contributed by atoms with Crippen LogP contribution in [0.2, 0.25) is 5.02 Å². The number of hydrogen-bond donors (Lipinski definition) is 0. The van der Waals surface area contributed by atoms with Crippen molar-refractivity contribution in [2.75, 3.05) is 20.8 Å². The largest absolute Gasteiger partial charge is 0.467 e. The number of methoxy groups -OCH3 is 2. The van der Waals surface area contributed by atoms with Gasteiger partial charge >= 0.3 is 5.97 Å². The Morgan fingerprint density at radius 3 is 2.70 bits per heavy atom. The molecule has 0 saturated carbocycles. The summed E-state index contributed by atoms with van der Waals surface area (Å²) in [6.07, 6.45) is 1.31. The van der Waals surface area contributed by atoms with Crippen molar-refractivity contribution in [3.63, 3.8) is 0 Å². The van der Waals surface area contributed by atoms with E-state index in [-0.39, 0.29) is 18.0 Å². The molecule has 0 aliphatic carbocycles. The molecule has 1 aromatic rings. The van der Waals surface area contributed by atoms with Crippen LogP contribution in [0.5, 0.6) is 0 Å². The number of carbonyl (C=O) groups is 2. The number of likely N-dealkylation sites (tertiary alicyclic amines) is 1. The van der Waals surface area contributed by atoms with Crippen molar-refractivity contribution >= 4 is 23.5 Å². The molecule has 0 aromatic heterocycles. The molecule has 1 aliphatic rings. The summed E-state index contributed by atoms with van der Waals surface area (Å²) >= 11 is 6.01. The second-order valence-corrected chi connectivity index (χ2v) is 6.17. The fourth-order valence-electron chi connectivity index (χ4n) is 2.86. The summed E-state index contributed by atoms with van der Waals surface area (Å²) < 4.78 is 10.1. The van der Waals surface area contributed by atoms with Crippen molar-refractivity contribution in [3.05, 3.63) is 34.3 Å². The maximum absolute atomic E-state index is 12.5. The quantitative estimate of drug-likeness (QED) is 0.773. The highest BCUT2D eigenvalue weighted by molar-refractivity contribution is 6.31. The highest BCUT2D eigenvalue weighted by atomic mass is 35.5. The first-order valence-electron chi connectivity index (χ1n) is 7.61. The molecule has 2 atom stereocenters. The van der Waals surface area contributed by atoms with Crippen LogP contribution in [0.1, 0.15) is 24.0 Å². The number of carbonyl (C=O) groups excluding carboxylic acids is 2. The monoisotopic (exact) mass is 339 g/mol. The summed E-state index contributed by atoms with van der Waals surface area (Å²) in [5, 5.41) is 0.716. The minimum absolute atomic E-state index is 0.0625. The maximum atomic E-state index is 12.5. The van der Waals surface area contributed by atoms with Crippen LogP contribution < -0.4 is 0 Å². The predicted molar refractivity (Wildman–Crippen MR) is 87.4 cm³/mol. The van der Waals surface area contributed by atoms with E-state index in [0.29, 0.717) is 30.8 Å². The molecule has 1 aliphatic heterocycles. The van der Waals surface area contributed by atoms with Crippen molar-refractivity contribution in [2.45, 2.75) is 38.3 Å². The topological polar surface area (TPSA) is 55.8 Å². The van der Waals surface area contributed by atoms with Gasteiger partial charge in [-0.2, -0.15) is 0 Å². The van der Waals surface area contributed by atoms with Crippen molar-refractivity contribution in [3.8, 4) is 0 Å². The molecule has 1 fully saturated rings. The normalized spacial score (nSPS) is 20.6. The lowest BCUT2D eigenvalue weighted by Gasteiger charge is -2.22. The van der Waals surface area contributed by atoms with Crippen LogP contribution >= 0.6 is 11.6 Å². The Labute approximate surface area is 141 Å². The lowest BCUT2D eigenvalue weighted by molar-refractivity contribution is -0.150. The van der Waals surface area contributed by atoms with E-state index >= 15 is 0 Å². The number of aryl methyl sites for hydroxylation is 2. The van der Waals surface area contributed by atoms with E-state index < -0.39 is 6.04 Å². The van der Waals surface area contributed by atoms with Crippen LogP contribution in [0.4, 0.5) is 0 Å². The zero-order valence-electron chi connectivity index (χ0n) is 13.7. The smallest absolute Gasteiger partial charge is 0.328 e. The molecule has 0 unspecified atom stereocenters. The Hall–Kier alpha value is -1.59. The molecule has 0 spiro atoms. The maximum Gasteiger partial charge on any atom is 0.328 e. The molecule has 1 aromatic carbocycles. The fraction of sp³-hybridized carbons (Fsp3) is 0.529. The molecule has 1 saturated heterocycles. The van der Waals surface area contributed by atoms with Gasteiger partial charge in [-0.25, -0.2) is 4.79 Å². The summed E-state index contributed by atoms with van der Waals surface area (Å²) in [6, 6.07) is 5.19. The molecule has 0 radical (unpaired) electrons.